The lowest BCUT2D eigenvalue weighted by atomic mass is 9.95. The number of benzene rings is 1. The molecule has 1 aromatic carbocycles. The summed E-state index contributed by atoms with van der Waals surface area (Å²) in [6, 6.07) is 10.9. The summed E-state index contributed by atoms with van der Waals surface area (Å²) in [5.74, 6) is 0.661. The molecule has 2 atom stereocenters. The molecule has 0 aliphatic carbocycles. The SMILES string of the molecule is CC(=O)N1CC(c2ccccc2)NCC1C(C)C. The van der Waals surface area contributed by atoms with Crippen LogP contribution in [0.1, 0.15) is 32.4 Å². The summed E-state index contributed by atoms with van der Waals surface area (Å²) in [6.45, 7) is 7.65. The van der Waals surface area contributed by atoms with Crippen molar-refractivity contribution >= 4 is 5.91 Å². The largest absolute Gasteiger partial charge is 0.337 e. The summed E-state index contributed by atoms with van der Waals surface area (Å²) in [6.07, 6.45) is 0. The van der Waals surface area contributed by atoms with Crippen LogP contribution in [0.4, 0.5) is 0 Å². The van der Waals surface area contributed by atoms with Gasteiger partial charge in [-0.3, -0.25) is 4.79 Å². The van der Waals surface area contributed by atoms with Crippen LogP contribution in [0.15, 0.2) is 30.3 Å². The molecule has 1 heterocycles. The monoisotopic (exact) mass is 246 g/mol. The van der Waals surface area contributed by atoms with Crippen LogP contribution in [0.25, 0.3) is 0 Å². The molecule has 3 nitrogen and oxygen atoms in total. The Kier molecular flexibility index (Phi) is 4.02. The molecule has 0 aromatic heterocycles. The molecule has 3 heteroatoms. The van der Waals surface area contributed by atoms with E-state index in [-0.39, 0.29) is 11.9 Å². The molecule has 1 aliphatic heterocycles. The lowest BCUT2D eigenvalue weighted by Gasteiger charge is -2.42. The number of amides is 1. The second kappa shape index (κ2) is 5.53. The lowest BCUT2D eigenvalue weighted by molar-refractivity contribution is -0.133. The number of carbonyl (C=O) groups excluding carboxylic acids is 1. The Morgan fingerprint density at radius 1 is 1.33 bits per heavy atom. The maximum atomic E-state index is 11.8. The summed E-state index contributed by atoms with van der Waals surface area (Å²) in [4.78, 5) is 13.8. The fraction of sp³-hybridized carbons (Fsp3) is 0.533. The second-order valence-electron chi connectivity index (χ2n) is 5.35. The molecule has 0 saturated carbocycles. The number of nitrogens with zero attached hydrogens (tertiary/aromatic N) is 1. The minimum absolute atomic E-state index is 0.177. The van der Waals surface area contributed by atoms with Gasteiger partial charge in [0, 0.05) is 32.1 Å². The molecular formula is C15H22N2O. The molecule has 98 valence electrons. The van der Waals surface area contributed by atoms with Crippen LogP contribution < -0.4 is 5.32 Å². The van der Waals surface area contributed by atoms with Gasteiger partial charge in [-0.2, -0.15) is 0 Å². The number of piperazine rings is 1. The predicted molar refractivity (Wildman–Crippen MR) is 73.2 cm³/mol. The van der Waals surface area contributed by atoms with Gasteiger partial charge in [-0.05, 0) is 11.5 Å². The Labute approximate surface area is 109 Å². The van der Waals surface area contributed by atoms with Crippen molar-refractivity contribution in [2.75, 3.05) is 13.1 Å². The van der Waals surface area contributed by atoms with Gasteiger partial charge in [0.05, 0.1) is 0 Å². The van der Waals surface area contributed by atoms with Gasteiger partial charge in [0.1, 0.15) is 0 Å². The first-order valence-electron chi connectivity index (χ1n) is 6.65. The normalized spacial score (nSPS) is 24.3. The van der Waals surface area contributed by atoms with Crippen LogP contribution in [0, 0.1) is 5.92 Å². The van der Waals surface area contributed by atoms with Crippen LogP contribution in [0.2, 0.25) is 0 Å². The average Bonchev–Trinajstić information content (AvgIpc) is 2.39. The number of nitrogens with one attached hydrogen (secondary N) is 1. The summed E-state index contributed by atoms with van der Waals surface area (Å²) < 4.78 is 0. The molecule has 2 unspecified atom stereocenters. The minimum Gasteiger partial charge on any atom is -0.337 e. The minimum atomic E-state index is 0.177. The van der Waals surface area contributed by atoms with E-state index in [1.807, 2.05) is 23.1 Å². The lowest BCUT2D eigenvalue weighted by Crippen LogP contribution is -2.56. The van der Waals surface area contributed by atoms with Crippen molar-refractivity contribution in [1.29, 1.82) is 0 Å². The zero-order chi connectivity index (χ0) is 13.1. The van der Waals surface area contributed by atoms with E-state index in [1.54, 1.807) is 6.92 Å². The van der Waals surface area contributed by atoms with Crippen LogP contribution in [-0.2, 0) is 4.79 Å². The van der Waals surface area contributed by atoms with Crippen LogP contribution in [0.5, 0.6) is 0 Å². The van der Waals surface area contributed by atoms with E-state index in [4.69, 9.17) is 0 Å². The van der Waals surface area contributed by atoms with Crippen molar-refractivity contribution in [3.63, 3.8) is 0 Å². The highest BCUT2D eigenvalue weighted by atomic mass is 16.2. The summed E-state index contributed by atoms with van der Waals surface area (Å²) in [5.41, 5.74) is 1.26. The molecule has 1 N–H and O–H groups in total. The predicted octanol–water partition coefficient (Wildman–Crippen LogP) is 2.20. The molecule has 0 radical (unpaired) electrons. The number of carbonyl (C=O) groups is 1. The average molecular weight is 246 g/mol. The highest BCUT2D eigenvalue weighted by Crippen LogP contribution is 2.23. The van der Waals surface area contributed by atoms with Crippen LogP contribution >= 0.6 is 0 Å². The maximum absolute atomic E-state index is 11.8. The first kappa shape index (κ1) is 13.1. The zero-order valence-electron chi connectivity index (χ0n) is 11.4. The summed E-state index contributed by atoms with van der Waals surface area (Å²) >= 11 is 0. The van der Waals surface area contributed by atoms with E-state index < -0.39 is 0 Å². The highest BCUT2D eigenvalue weighted by Gasteiger charge is 2.31. The van der Waals surface area contributed by atoms with Crippen molar-refractivity contribution in [2.24, 2.45) is 5.92 Å². The van der Waals surface area contributed by atoms with Crippen molar-refractivity contribution in [1.82, 2.24) is 10.2 Å². The van der Waals surface area contributed by atoms with E-state index in [9.17, 15) is 4.79 Å². The van der Waals surface area contributed by atoms with Gasteiger partial charge >= 0.3 is 0 Å². The molecule has 1 aromatic rings. The molecule has 18 heavy (non-hydrogen) atoms. The van der Waals surface area contributed by atoms with E-state index in [0.29, 0.717) is 12.0 Å². The maximum Gasteiger partial charge on any atom is 0.219 e. The Bertz CT molecular complexity index is 402. The molecule has 0 spiro atoms. The van der Waals surface area contributed by atoms with Gasteiger partial charge in [0.25, 0.3) is 0 Å². The van der Waals surface area contributed by atoms with Gasteiger partial charge in [-0.1, -0.05) is 44.2 Å². The van der Waals surface area contributed by atoms with Crippen molar-refractivity contribution < 1.29 is 4.79 Å². The quantitative estimate of drug-likeness (QED) is 0.867. The molecule has 1 saturated heterocycles. The summed E-state index contributed by atoms with van der Waals surface area (Å²) in [5, 5.41) is 3.56. The highest BCUT2D eigenvalue weighted by molar-refractivity contribution is 5.74. The Hall–Kier alpha value is -1.35. The third-order valence-corrected chi connectivity index (χ3v) is 3.73. The van der Waals surface area contributed by atoms with E-state index >= 15 is 0 Å². The third-order valence-electron chi connectivity index (χ3n) is 3.73. The molecule has 0 bridgehead atoms. The van der Waals surface area contributed by atoms with E-state index in [0.717, 1.165) is 13.1 Å². The standard InChI is InChI=1S/C15H22N2O/c1-11(2)15-9-16-14(10-17(15)12(3)18)13-7-5-4-6-8-13/h4-8,11,14-16H,9-10H2,1-3H3. The van der Waals surface area contributed by atoms with Crippen molar-refractivity contribution in [3.05, 3.63) is 35.9 Å². The Morgan fingerprint density at radius 2 is 2.00 bits per heavy atom. The molecular weight excluding hydrogens is 224 g/mol. The van der Waals surface area contributed by atoms with Gasteiger partial charge in [0.15, 0.2) is 0 Å². The second-order valence-corrected chi connectivity index (χ2v) is 5.35. The van der Waals surface area contributed by atoms with Crippen molar-refractivity contribution in [3.8, 4) is 0 Å². The topological polar surface area (TPSA) is 32.3 Å². The van der Waals surface area contributed by atoms with Crippen LogP contribution in [-0.4, -0.2) is 29.9 Å². The summed E-state index contributed by atoms with van der Waals surface area (Å²) in [7, 11) is 0. The Morgan fingerprint density at radius 3 is 2.56 bits per heavy atom. The van der Waals surface area contributed by atoms with Gasteiger partial charge < -0.3 is 10.2 Å². The van der Waals surface area contributed by atoms with Gasteiger partial charge in [-0.25, -0.2) is 0 Å². The molecule has 1 fully saturated rings. The van der Waals surface area contributed by atoms with Crippen LogP contribution in [0.3, 0.4) is 0 Å². The number of hydrogen-bond acceptors (Lipinski definition) is 2. The van der Waals surface area contributed by atoms with Crippen molar-refractivity contribution in [2.45, 2.75) is 32.9 Å². The fourth-order valence-corrected chi connectivity index (χ4v) is 2.64. The zero-order valence-corrected chi connectivity index (χ0v) is 11.4. The number of hydrogen-bond donors (Lipinski definition) is 1. The molecule has 1 amide bonds. The first-order valence-corrected chi connectivity index (χ1v) is 6.65. The first-order chi connectivity index (χ1) is 8.59. The fourth-order valence-electron chi connectivity index (χ4n) is 2.64. The van der Waals surface area contributed by atoms with E-state index in [2.05, 4.69) is 31.3 Å². The smallest absolute Gasteiger partial charge is 0.219 e. The Balaban J connectivity index is 2.14. The number of rotatable bonds is 2. The van der Waals surface area contributed by atoms with Gasteiger partial charge in [-0.15, -0.1) is 0 Å². The van der Waals surface area contributed by atoms with Gasteiger partial charge in [0.2, 0.25) is 5.91 Å². The molecule has 2 rings (SSSR count). The third kappa shape index (κ3) is 2.72. The van der Waals surface area contributed by atoms with E-state index in [1.165, 1.54) is 5.56 Å². The molecule has 1 aliphatic rings.